The molecule has 1 aliphatic rings. The Kier molecular flexibility index (Phi) is 5.49. The van der Waals surface area contributed by atoms with Crippen molar-refractivity contribution >= 4 is 0 Å². The van der Waals surface area contributed by atoms with Crippen LogP contribution >= 0.6 is 0 Å². The van der Waals surface area contributed by atoms with Crippen molar-refractivity contribution in [2.75, 3.05) is 6.61 Å². The third kappa shape index (κ3) is 4.19. The minimum absolute atomic E-state index is 0.00678. The second-order valence-corrected chi connectivity index (χ2v) is 6.82. The van der Waals surface area contributed by atoms with Gasteiger partial charge in [0.25, 0.3) is 0 Å². The fourth-order valence-corrected chi connectivity index (χ4v) is 3.39. The van der Waals surface area contributed by atoms with Crippen LogP contribution in [0.15, 0.2) is 54.9 Å². The van der Waals surface area contributed by atoms with Gasteiger partial charge in [0.05, 0.1) is 17.6 Å². The summed E-state index contributed by atoms with van der Waals surface area (Å²) in [5.74, 6) is 0.764. The Morgan fingerprint density at radius 2 is 2.07 bits per heavy atom. The van der Waals surface area contributed by atoms with Crippen molar-refractivity contribution in [3.05, 3.63) is 66.0 Å². The maximum Gasteiger partial charge on any atom is 0.150 e. The molecule has 0 saturated carbocycles. The minimum atomic E-state index is 0.00678. The highest BCUT2D eigenvalue weighted by atomic mass is 16.5. The SMILES string of the molecule is CCc1cccc(COc2ccc(-c3ccnn3C3CCCCO3)nc2)c1. The summed E-state index contributed by atoms with van der Waals surface area (Å²) in [5.41, 5.74) is 4.35. The normalized spacial score (nSPS) is 17.0. The molecule has 1 saturated heterocycles. The Bertz CT molecular complexity index is 867. The van der Waals surface area contributed by atoms with Gasteiger partial charge >= 0.3 is 0 Å². The summed E-state index contributed by atoms with van der Waals surface area (Å²) < 4.78 is 13.7. The molecule has 4 rings (SSSR count). The van der Waals surface area contributed by atoms with Crippen LogP contribution < -0.4 is 4.74 Å². The topological polar surface area (TPSA) is 49.2 Å². The summed E-state index contributed by atoms with van der Waals surface area (Å²) in [6.45, 7) is 3.50. The predicted molar refractivity (Wildman–Crippen MR) is 104 cm³/mol. The first kappa shape index (κ1) is 17.7. The number of ether oxygens (including phenoxy) is 2. The van der Waals surface area contributed by atoms with Crippen molar-refractivity contribution in [1.82, 2.24) is 14.8 Å². The van der Waals surface area contributed by atoms with Gasteiger partial charge in [-0.05, 0) is 55.0 Å². The molecule has 5 heteroatoms. The zero-order valence-corrected chi connectivity index (χ0v) is 15.7. The number of pyridine rings is 1. The van der Waals surface area contributed by atoms with Gasteiger partial charge in [0.1, 0.15) is 12.4 Å². The molecule has 1 fully saturated rings. The first-order valence-corrected chi connectivity index (χ1v) is 9.65. The molecule has 3 heterocycles. The van der Waals surface area contributed by atoms with Gasteiger partial charge in [-0.15, -0.1) is 0 Å². The van der Waals surface area contributed by atoms with Gasteiger partial charge in [-0.1, -0.05) is 31.2 Å². The molecule has 1 unspecified atom stereocenters. The number of hydrogen-bond donors (Lipinski definition) is 0. The van der Waals surface area contributed by atoms with E-state index in [0.29, 0.717) is 6.61 Å². The third-order valence-corrected chi connectivity index (χ3v) is 4.90. The molecule has 27 heavy (non-hydrogen) atoms. The Morgan fingerprint density at radius 1 is 1.15 bits per heavy atom. The van der Waals surface area contributed by atoms with E-state index < -0.39 is 0 Å². The van der Waals surface area contributed by atoms with E-state index in [1.54, 1.807) is 12.4 Å². The van der Waals surface area contributed by atoms with Crippen LogP contribution in [0, 0.1) is 0 Å². The third-order valence-electron chi connectivity index (χ3n) is 4.90. The maximum absolute atomic E-state index is 5.90. The van der Waals surface area contributed by atoms with Gasteiger partial charge in [-0.25, -0.2) is 4.68 Å². The van der Waals surface area contributed by atoms with E-state index in [0.717, 1.165) is 43.0 Å². The molecular formula is C22H25N3O2. The quantitative estimate of drug-likeness (QED) is 0.632. The van der Waals surface area contributed by atoms with Gasteiger partial charge in [-0.2, -0.15) is 5.10 Å². The summed E-state index contributed by atoms with van der Waals surface area (Å²) in [5, 5.41) is 4.45. The van der Waals surface area contributed by atoms with Crippen LogP contribution in [0.5, 0.6) is 5.75 Å². The standard InChI is InChI=1S/C22H25N3O2/c1-2-17-6-5-7-18(14-17)16-27-19-9-10-20(23-15-19)21-11-12-24-25(21)22-8-3-4-13-26-22/h5-7,9-12,14-15,22H,2-4,8,13,16H2,1H3. The zero-order valence-electron chi connectivity index (χ0n) is 15.7. The molecule has 0 N–H and O–H groups in total. The molecule has 140 valence electrons. The van der Waals surface area contributed by atoms with E-state index >= 15 is 0 Å². The average Bonchev–Trinajstić information content (AvgIpc) is 3.23. The highest BCUT2D eigenvalue weighted by molar-refractivity contribution is 5.54. The summed E-state index contributed by atoms with van der Waals surface area (Å²) >= 11 is 0. The fraction of sp³-hybridized carbons (Fsp3) is 0.364. The number of aryl methyl sites for hydroxylation is 1. The highest BCUT2D eigenvalue weighted by Crippen LogP contribution is 2.28. The molecule has 1 aliphatic heterocycles. The Hall–Kier alpha value is -2.66. The lowest BCUT2D eigenvalue weighted by atomic mass is 10.1. The second kappa shape index (κ2) is 8.35. The van der Waals surface area contributed by atoms with Gasteiger partial charge in [-0.3, -0.25) is 4.98 Å². The molecule has 2 aromatic heterocycles. The number of aromatic nitrogens is 3. The molecular weight excluding hydrogens is 338 g/mol. The van der Waals surface area contributed by atoms with E-state index in [1.165, 1.54) is 17.5 Å². The smallest absolute Gasteiger partial charge is 0.150 e. The number of hydrogen-bond acceptors (Lipinski definition) is 4. The monoisotopic (exact) mass is 363 g/mol. The molecule has 5 nitrogen and oxygen atoms in total. The van der Waals surface area contributed by atoms with Gasteiger partial charge in [0, 0.05) is 12.8 Å². The van der Waals surface area contributed by atoms with Crippen LogP contribution in [-0.2, 0) is 17.8 Å². The summed E-state index contributed by atoms with van der Waals surface area (Å²) in [6, 6.07) is 14.4. The highest BCUT2D eigenvalue weighted by Gasteiger charge is 2.19. The van der Waals surface area contributed by atoms with E-state index in [4.69, 9.17) is 9.47 Å². The van der Waals surface area contributed by atoms with Crippen molar-refractivity contribution in [2.45, 2.75) is 45.4 Å². The van der Waals surface area contributed by atoms with Crippen LogP contribution in [0.2, 0.25) is 0 Å². The molecule has 0 aliphatic carbocycles. The van der Waals surface area contributed by atoms with Crippen LogP contribution in [0.4, 0.5) is 0 Å². The Labute approximate surface area is 160 Å². The number of rotatable bonds is 6. The lowest BCUT2D eigenvalue weighted by molar-refractivity contribution is -0.0384. The molecule has 0 radical (unpaired) electrons. The maximum atomic E-state index is 5.90. The van der Waals surface area contributed by atoms with Crippen LogP contribution in [-0.4, -0.2) is 21.4 Å². The van der Waals surface area contributed by atoms with E-state index in [9.17, 15) is 0 Å². The number of benzene rings is 1. The second-order valence-electron chi connectivity index (χ2n) is 6.82. The van der Waals surface area contributed by atoms with E-state index in [-0.39, 0.29) is 6.23 Å². The average molecular weight is 363 g/mol. The van der Waals surface area contributed by atoms with Gasteiger partial charge in [0.15, 0.2) is 6.23 Å². The van der Waals surface area contributed by atoms with Gasteiger partial charge < -0.3 is 9.47 Å². The first-order valence-electron chi connectivity index (χ1n) is 9.65. The molecule has 3 aromatic rings. The van der Waals surface area contributed by atoms with Crippen LogP contribution in [0.1, 0.15) is 43.5 Å². The van der Waals surface area contributed by atoms with Crippen molar-refractivity contribution in [3.8, 4) is 17.1 Å². The van der Waals surface area contributed by atoms with Crippen LogP contribution in [0.3, 0.4) is 0 Å². The summed E-state index contributed by atoms with van der Waals surface area (Å²) in [4.78, 5) is 4.58. The first-order chi connectivity index (χ1) is 13.3. The van der Waals surface area contributed by atoms with Crippen molar-refractivity contribution in [2.24, 2.45) is 0 Å². The minimum Gasteiger partial charge on any atom is -0.487 e. The molecule has 1 atom stereocenters. The Morgan fingerprint density at radius 3 is 2.85 bits per heavy atom. The Balaban J connectivity index is 1.44. The van der Waals surface area contributed by atoms with Crippen molar-refractivity contribution in [1.29, 1.82) is 0 Å². The van der Waals surface area contributed by atoms with E-state index in [1.807, 2.05) is 22.9 Å². The fourth-order valence-electron chi connectivity index (χ4n) is 3.39. The van der Waals surface area contributed by atoms with Crippen LogP contribution in [0.25, 0.3) is 11.4 Å². The number of nitrogens with zero attached hydrogens (tertiary/aromatic N) is 3. The lowest BCUT2D eigenvalue weighted by Crippen LogP contribution is -2.20. The zero-order chi connectivity index (χ0) is 18.5. The van der Waals surface area contributed by atoms with Crippen molar-refractivity contribution in [3.63, 3.8) is 0 Å². The summed E-state index contributed by atoms with van der Waals surface area (Å²) in [7, 11) is 0. The predicted octanol–water partition coefficient (Wildman–Crippen LogP) is 4.79. The van der Waals surface area contributed by atoms with Crippen molar-refractivity contribution < 1.29 is 9.47 Å². The summed E-state index contributed by atoms with van der Waals surface area (Å²) in [6.07, 6.45) is 7.90. The van der Waals surface area contributed by atoms with Gasteiger partial charge in [0.2, 0.25) is 0 Å². The molecule has 0 amide bonds. The lowest BCUT2D eigenvalue weighted by Gasteiger charge is -2.24. The molecule has 1 aromatic carbocycles. The molecule has 0 bridgehead atoms. The van der Waals surface area contributed by atoms with E-state index in [2.05, 4.69) is 41.3 Å². The molecule has 0 spiro atoms. The largest absolute Gasteiger partial charge is 0.487 e.